The average Bonchev–Trinajstić information content (AvgIpc) is 2.01. The van der Waals surface area contributed by atoms with Crippen molar-refractivity contribution in [3.05, 3.63) is 0 Å². The minimum atomic E-state index is 0.158. The predicted octanol–water partition coefficient (Wildman–Crippen LogP) is 4.54. The summed E-state index contributed by atoms with van der Waals surface area (Å²) < 4.78 is 0. The zero-order chi connectivity index (χ0) is 10.5. The molecule has 0 aromatic heterocycles. The van der Waals surface area contributed by atoms with E-state index in [-0.39, 0.29) is 5.41 Å². The van der Waals surface area contributed by atoms with Crippen LogP contribution in [0.15, 0.2) is 0 Å². The van der Waals surface area contributed by atoms with Gasteiger partial charge in [0.2, 0.25) is 0 Å². The molecule has 0 saturated heterocycles. The van der Waals surface area contributed by atoms with E-state index < -0.39 is 0 Å². The number of hydrogen-bond donors (Lipinski definition) is 0. The molecule has 0 nitrogen and oxygen atoms in total. The molecule has 0 aliphatic rings. The second-order valence-corrected chi connectivity index (χ2v) is 5.50. The van der Waals surface area contributed by atoms with Crippen LogP contribution in [-0.2, 0) is 0 Å². The van der Waals surface area contributed by atoms with Gasteiger partial charge in [0.1, 0.15) is 0 Å². The Labute approximate surface area is 93.0 Å². The molecule has 0 aromatic carbocycles. The molecule has 0 saturated carbocycles. The van der Waals surface area contributed by atoms with Crippen molar-refractivity contribution < 1.29 is 0 Å². The fourth-order valence-corrected chi connectivity index (χ4v) is 2.79. The maximum absolute atomic E-state index is 6.03. The Hall–Kier alpha value is 0.580. The smallest absolute Gasteiger partial charge is 0.0291 e. The van der Waals surface area contributed by atoms with E-state index in [1.165, 1.54) is 0 Å². The third-order valence-corrected chi connectivity index (χ3v) is 3.38. The quantitative estimate of drug-likeness (QED) is 0.582. The van der Waals surface area contributed by atoms with Gasteiger partial charge in [-0.3, -0.25) is 0 Å². The molecule has 0 aromatic rings. The van der Waals surface area contributed by atoms with Gasteiger partial charge in [-0.25, -0.2) is 0 Å². The topological polar surface area (TPSA) is 0 Å². The SMILES string of the molecule is CC(C)CC(CCl)(CCl)CC(C)C. The van der Waals surface area contributed by atoms with Gasteiger partial charge in [0.15, 0.2) is 0 Å². The molecule has 0 radical (unpaired) electrons. The summed E-state index contributed by atoms with van der Waals surface area (Å²) in [7, 11) is 0. The first-order valence-corrected chi connectivity index (χ1v) is 6.14. The van der Waals surface area contributed by atoms with Crippen molar-refractivity contribution in [2.24, 2.45) is 17.3 Å². The summed E-state index contributed by atoms with van der Waals surface area (Å²) in [4.78, 5) is 0. The number of halogens is 2. The van der Waals surface area contributed by atoms with Gasteiger partial charge in [-0.1, -0.05) is 27.7 Å². The molecule has 13 heavy (non-hydrogen) atoms. The van der Waals surface area contributed by atoms with E-state index in [4.69, 9.17) is 23.2 Å². The van der Waals surface area contributed by atoms with E-state index in [2.05, 4.69) is 27.7 Å². The normalized spacial score (nSPS) is 12.9. The summed E-state index contributed by atoms with van der Waals surface area (Å²) in [5.74, 6) is 2.73. The van der Waals surface area contributed by atoms with Gasteiger partial charge in [-0.05, 0) is 30.1 Å². The number of rotatable bonds is 6. The van der Waals surface area contributed by atoms with Gasteiger partial charge in [0.25, 0.3) is 0 Å². The van der Waals surface area contributed by atoms with E-state index >= 15 is 0 Å². The zero-order valence-electron chi connectivity index (χ0n) is 9.24. The van der Waals surface area contributed by atoms with Gasteiger partial charge < -0.3 is 0 Å². The highest BCUT2D eigenvalue weighted by atomic mass is 35.5. The fourth-order valence-electron chi connectivity index (χ4n) is 2.07. The molecule has 0 N–H and O–H groups in total. The molecule has 0 aliphatic heterocycles. The first kappa shape index (κ1) is 13.6. The minimum absolute atomic E-state index is 0.158. The number of hydrogen-bond acceptors (Lipinski definition) is 0. The zero-order valence-corrected chi connectivity index (χ0v) is 10.8. The Bertz CT molecular complexity index is 114. The molecule has 0 fully saturated rings. The van der Waals surface area contributed by atoms with Crippen LogP contribution in [0.25, 0.3) is 0 Å². The fraction of sp³-hybridized carbons (Fsp3) is 1.00. The van der Waals surface area contributed by atoms with Crippen molar-refractivity contribution in [2.75, 3.05) is 11.8 Å². The van der Waals surface area contributed by atoms with Crippen LogP contribution in [0.1, 0.15) is 40.5 Å². The van der Waals surface area contributed by atoms with Crippen LogP contribution in [0.3, 0.4) is 0 Å². The Morgan fingerprint density at radius 1 is 0.846 bits per heavy atom. The maximum Gasteiger partial charge on any atom is 0.0291 e. The molecule has 0 unspecified atom stereocenters. The lowest BCUT2D eigenvalue weighted by Crippen LogP contribution is -2.29. The van der Waals surface area contributed by atoms with E-state index in [1.54, 1.807) is 0 Å². The summed E-state index contributed by atoms with van der Waals surface area (Å²) in [6.07, 6.45) is 2.27. The number of alkyl halides is 2. The summed E-state index contributed by atoms with van der Waals surface area (Å²) >= 11 is 12.1. The van der Waals surface area contributed by atoms with E-state index in [0.29, 0.717) is 23.6 Å². The molecule has 0 atom stereocenters. The van der Waals surface area contributed by atoms with E-state index in [1.807, 2.05) is 0 Å². The standard InChI is InChI=1S/C11H22Cl2/c1-9(2)5-11(7-12,8-13)6-10(3)4/h9-10H,5-8H2,1-4H3. The molecule has 2 heteroatoms. The van der Waals surface area contributed by atoms with Crippen LogP contribution in [0.2, 0.25) is 0 Å². The molecule has 0 spiro atoms. The average molecular weight is 225 g/mol. The third-order valence-electron chi connectivity index (χ3n) is 2.25. The van der Waals surface area contributed by atoms with Crippen molar-refractivity contribution in [3.63, 3.8) is 0 Å². The van der Waals surface area contributed by atoms with Crippen molar-refractivity contribution in [2.45, 2.75) is 40.5 Å². The summed E-state index contributed by atoms with van der Waals surface area (Å²) in [6.45, 7) is 8.92. The molecule has 0 aliphatic carbocycles. The van der Waals surface area contributed by atoms with Gasteiger partial charge in [0, 0.05) is 11.8 Å². The molecular weight excluding hydrogens is 203 g/mol. The highest BCUT2D eigenvalue weighted by molar-refractivity contribution is 6.21. The Kier molecular flexibility index (Phi) is 6.41. The maximum atomic E-state index is 6.03. The summed E-state index contributed by atoms with van der Waals surface area (Å²) in [5.41, 5.74) is 0.158. The van der Waals surface area contributed by atoms with E-state index in [9.17, 15) is 0 Å². The molecule has 80 valence electrons. The second kappa shape index (κ2) is 6.14. The van der Waals surface area contributed by atoms with E-state index in [0.717, 1.165) is 12.8 Å². The first-order valence-electron chi connectivity index (χ1n) is 5.07. The van der Waals surface area contributed by atoms with Gasteiger partial charge in [-0.2, -0.15) is 0 Å². The van der Waals surface area contributed by atoms with Crippen LogP contribution in [0, 0.1) is 17.3 Å². The van der Waals surface area contributed by atoms with Crippen molar-refractivity contribution in [1.29, 1.82) is 0 Å². The van der Waals surface area contributed by atoms with Crippen LogP contribution >= 0.6 is 23.2 Å². The second-order valence-electron chi connectivity index (χ2n) is 4.96. The minimum Gasteiger partial charge on any atom is -0.126 e. The van der Waals surface area contributed by atoms with Gasteiger partial charge in [-0.15, -0.1) is 23.2 Å². The predicted molar refractivity (Wildman–Crippen MR) is 62.8 cm³/mol. The molecule has 0 amide bonds. The van der Waals surface area contributed by atoms with Crippen LogP contribution in [-0.4, -0.2) is 11.8 Å². The Morgan fingerprint density at radius 3 is 1.31 bits per heavy atom. The van der Waals surface area contributed by atoms with Crippen LogP contribution in [0.5, 0.6) is 0 Å². The lowest BCUT2D eigenvalue weighted by molar-refractivity contribution is 0.242. The third kappa shape index (κ3) is 5.12. The molecule has 0 bridgehead atoms. The molecule has 0 heterocycles. The van der Waals surface area contributed by atoms with Crippen LogP contribution < -0.4 is 0 Å². The lowest BCUT2D eigenvalue weighted by Gasteiger charge is -2.33. The van der Waals surface area contributed by atoms with Crippen LogP contribution in [0.4, 0.5) is 0 Å². The highest BCUT2D eigenvalue weighted by Crippen LogP contribution is 2.36. The lowest BCUT2D eigenvalue weighted by atomic mass is 9.77. The summed E-state index contributed by atoms with van der Waals surface area (Å²) in [5, 5.41) is 0. The highest BCUT2D eigenvalue weighted by Gasteiger charge is 2.29. The summed E-state index contributed by atoms with van der Waals surface area (Å²) in [6, 6.07) is 0. The van der Waals surface area contributed by atoms with Gasteiger partial charge in [0.05, 0.1) is 0 Å². The molecular formula is C11H22Cl2. The first-order chi connectivity index (χ1) is 5.95. The molecule has 0 rings (SSSR count). The monoisotopic (exact) mass is 224 g/mol. The van der Waals surface area contributed by atoms with Crippen molar-refractivity contribution in [1.82, 2.24) is 0 Å². The van der Waals surface area contributed by atoms with Crippen molar-refractivity contribution in [3.8, 4) is 0 Å². The van der Waals surface area contributed by atoms with Gasteiger partial charge >= 0.3 is 0 Å². The Morgan fingerprint density at radius 2 is 1.15 bits per heavy atom. The Balaban J connectivity index is 4.30. The largest absolute Gasteiger partial charge is 0.126 e. The van der Waals surface area contributed by atoms with Crippen molar-refractivity contribution >= 4 is 23.2 Å².